The Bertz CT molecular complexity index is 705. The molecule has 0 bridgehead atoms. The third kappa shape index (κ3) is 3.27. The monoisotopic (exact) mass is 327 g/mol. The highest BCUT2D eigenvalue weighted by Crippen LogP contribution is 2.18. The maximum atomic E-state index is 12.3. The number of rotatable bonds is 6. The third-order valence-electron chi connectivity index (χ3n) is 4.52. The summed E-state index contributed by atoms with van der Waals surface area (Å²) in [6, 6.07) is 8.21. The van der Waals surface area contributed by atoms with Crippen molar-refractivity contribution in [1.82, 2.24) is 20.1 Å². The van der Waals surface area contributed by atoms with Crippen molar-refractivity contribution in [1.29, 1.82) is 0 Å². The van der Waals surface area contributed by atoms with Crippen molar-refractivity contribution in [2.75, 3.05) is 11.4 Å². The minimum atomic E-state index is -0.0792. The van der Waals surface area contributed by atoms with Gasteiger partial charge in [-0.25, -0.2) is 0 Å². The van der Waals surface area contributed by atoms with Crippen LogP contribution in [-0.4, -0.2) is 33.3 Å². The fourth-order valence-corrected chi connectivity index (χ4v) is 3.25. The van der Waals surface area contributed by atoms with Crippen LogP contribution in [0.4, 0.5) is 5.69 Å². The molecule has 3 rings (SSSR count). The summed E-state index contributed by atoms with van der Waals surface area (Å²) >= 11 is 0. The van der Waals surface area contributed by atoms with Gasteiger partial charge < -0.3 is 14.8 Å². The molecule has 24 heavy (non-hydrogen) atoms. The van der Waals surface area contributed by atoms with Crippen LogP contribution in [0.15, 0.2) is 24.3 Å². The first-order chi connectivity index (χ1) is 11.6. The molecule has 1 amide bonds. The summed E-state index contributed by atoms with van der Waals surface area (Å²) in [6.07, 6.45) is 2.09. The van der Waals surface area contributed by atoms with Gasteiger partial charge in [-0.05, 0) is 51.5 Å². The second-order valence-electron chi connectivity index (χ2n) is 6.40. The Labute approximate surface area is 142 Å². The molecular formula is C18H25N5O. The lowest BCUT2D eigenvalue weighted by Gasteiger charge is -2.27. The van der Waals surface area contributed by atoms with Crippen LogP contribution >= 0.6 is 0 Å². The van der Waals surface area contributed by atoms with Crippen LogP contribution in [0.1, 0.15) is 49.2 Å². The van der Waals surface area contributed by atoms with Gasteiger partial charge in [0.25, 0.3) is 5.91 Å². The van der Waals surface area contributed by atoms with Gasteiger partial charge in [-0.15, -0.1) is 10.2 Å². The van der Waals surface area contributed by atoms with Gasteiger partial charge in [0.2, 0.25) is 0 Å². The predicted molar refractivity (Wildman–Crippen MR) is 94.1 cm³/mol. The van der Waals surface area contributed by atoms with Gasteiger partial charge in [-0.3, -0.25) is 4.79 Å². The van der Waals surface area contributed by atoms with E-state index in [9.17, 15) is 4.79 Å². The molecule has 1 aromatic carbocycles. The summed E-state index contributed by atoms with van der Waals surface area (Å²) in [7, 11) is 0. The van der Waals surface area contributed by atoms with E-state index in [0.29, 0.717) is 18.2 Å². The van der Waals surface area contributed by atoms with Crippen LogP contribution in [0, 0.1) is 0 Å². The Kier molecular flexibility index (Phi) is 4.83. The molecule has 6 nitrogen and oxygen atoms in total. The number of aromatic nitrogens is 3. The summed E-state index contributed by atoms with van der Waals surface area (Å²) < 4.78 is 2.10. The fourth-order valence-electron chi connectivity index (χ4n) is 3.25. The number of benzene rings is 1. The van der Waals surface area contributed by atoms with Gasteiger partial charge in [0.15, 0.2) is 5.82 Å². The predicted octanol–water partition coefficient (Wildman–Crippen LogP) is 2.39. The fraction of sp³-hybridized carbons (Fsp3) is 0.500. The highest BCUT2D eigenvalue weighted by atomic mass is 16.1. The van der Waals surface area contributed by atoms with Crippen molar-refractivity contribution in [3.05, 3.63) is 41.5 Å². The molecule has 0 saturated heterocycles. The lowest BCUT2D eigenvalue weighted by atomic mass is 10.1. The molecule has 1 aromatic heterocycles. The molecule has 0 saturated carbocycles. The number of fused-ring (bicyclic) bond motifs is 1. The summed E-state index contributed by atoms with van der Waals surface area (Å²) in [5, 5.41) is 11.3. The number of anilines is 1. The molecule has 1 N–H and O–H groups in total. The second kappa shape index (κ2) is 7.03. The van der Waals surface area contributed by atoms with E-state index in [0.717, 1.165) is 43.3 Å². The second-order valence-corrected chi connectivity index (χ2v) is 6.40. The van der Waals surface area contributed by atoms with Crippen LogP contribution in [0.3, 0.4) is 0 Å². The van der Waals surface area contributed by atoms with Gasteiger partial charge in [-0.2, -0.15) is 0 Å². The van der Waals surface area contributed by atoms with Crippen molar-refractivity contribution in [2.45, 2.75) is 52.7 Å². The molecule has 0 radical (unpaired) electrons. The van der Waals surface area contributed by atoms with Crippen molar-refractivity contribution >= 4 is 11.6 Å². The van der Waals surface area contributed by atoms with E-state index in [2.05, 4.69) is 45.8 Å². The van der Waals surface area contributed by atoms with Crippen LogP contribution in [0.5, 0.6) is 0 Å². The van der Waals surface area contributed by atoms with E-state index in [1.165, 1.54) is 0 Å². The normalized spacial score (nSPS) is 13.2. The molecule has 128 valence electrons. The lowest BCUT2D eigenvalue weighted by Crippen LogP contribution is -2.30. The Balaban J connectivity index is 1.62. The van der Waals surface area contributed by atoms with Gasteiger partial charge in [0.05, 0.1) is 6.54 Å². The molecule has 1 aliphatic rings. The molecule has 6 heteroatoms. The van der Waals surface area contributed by atoms with Crippen LogP contribution < -0.4 is 10.2 Å². The summed E-state index contributed by atoms with van der Waals surface area (Å²) in [5.41, 5.74) is 1.80. The SMILES string of the molecule is CCN(c1ccc(C(=O)NCc2nnc3n2CCC3)cc1)C(C)C. The van der Waals surface area contributed by atoms with Crippen molar-refractivity contribution in [3.63, 3.8) is 0 Å². The van der Waals surface area contributed by atoms with Gasteiger partial charge in [-0.1, -0.05) is 0 Å². The summed E-state index contributed by atoms with van der Waals surface area (Å²) in [6.45, 7) is 8.78. The van der Waals surface area contributed by atoms with Gasteiger partial charge in [0, 0.05) is 36.8 Å². The number of aryl methyl sites for hydroxylation is 1. The minimum Gasteiger partial charge on any atom is -0.369 e. The number of carbonyl (C=O) groups excluding carboxylic acids is 1. The first kappa shape index (κ1) is 16.5. The van der Waals surface area contributed by atoms with Crippen molar-refractivity contribution in [2.24, 2.45) is 0 Å². The van der Waals surface area contributed by atoms with Crippen molar-refractivity contribution < 1.29 is 4.79 Å². The smallest absolute Gasteiger partial charge is 0.251 e. The average Bonchev–Trinajstić information content (AvgIpc) is 3.17. The topological polar surface area (TPSA) is 63.1 Å². The number of amides is 1. The molecule has 0 unspecified atom stereocenters. The number of hydrogen-bond donors (Lipinski definition) is 1. The van der Waals surface area contributed by atoms with E-state index in [1.807, 2.05) is 24.3 Å². The standard InChI is InChI=1S/C18H25N5O/c1-4-22(13(2)3)15-9-7-14(8-10-15)18(24)19-12-17-21-20-16-6-5-11-23(16)17/h7-10,13H,4-6,11-12H2,1-3H3,(H,19,24). The number of carbonyl (C=O) groups is 1. The van der Waals surface area contributed by atoms with Crippen molar-refractivity contribution in [3.8, 4) is 0 Å². The van der Waals surface area contributed by atoms with E-state index >= 15 is 0 Å². The first-order valence-electron chi connectivity index (χ1n) is 8.66. The van der Waals surface area contributed by atoms with Gasteiger partial charge in [0.1, 0.15) is 5.82 Å². The molecule has 2 aromatic rings. The Morgan fingerprint density at radius 2 is 2.04 bits per heavy atom. The highest BCUT2D eigenvalue weighted by Gasteiger charge is 2.17. The number of nitrogens with one attached hydrogen (secondary N) is 1. The third-order valence-corrected chi connectivity index (χ3v) is 4.52. The minimum absolute atomic E-state index is 0.0792. The number of hydrogen-bond acceptors (Lipinski definition) is 4. The molecular weight excluding hydrogens is 302 g/mol. The van der Waals surface area contributed by atoms with E-state index in [-0.39, 0.29) is 5.91 Å². The molecule has 0 spiro atoms. The zero-order chi connectivity index (χ0) is 17.1. The zero-order valence-electron chi connectivity index (χ0n) is 14.6. The quantitative estimate of drug-likeness (QED) is 0.885. The van der Waals surface area contributed by atoms with E-state index in [1.54, 1.807) is 0 Å². The van der Waals surface area contributed by atoms with Crippen LogP contribution in [0.2, 0.25) is 0 Å². The Morgan fingerprint density at radius 1 is 1.29 bits per heavy atom. The Morgan fingerprint density at radius 3 is 2.71 bits per heavy atom. The Hall–Kier alpha value is -2.37. The van der Waals surface area contributed by atoms with Gasteiger partial charge >= 0.3 is 0 Å². The van der Waals surface area contributed by atoms with E-state index < -0.39 is 0 Å². The number of nitrogens with zero attached hydrogens (tertiary/aromatic N) is 4. The zero-order valence-corrected chi connectivity index (χ0v) is 14.6. The maximum absolute atomic E-state index is 12.3. The molecule has 1 aliphatic heterocycles. The van der Waals surface area contributed by atoms with Crippen LogP contribution in [0.25, 0.3) is 0 Å². The van der Waals surface area contributed by atoms with E-state index in [4.69, 9.17) is 0 Å². The summed E-state index contributed by atoms with van der Waals surface area (Å²) in [5.74, 6) is 1.78. The average molecular weight is 327 g/mol. The first-order valence-corrected chi connectivity index (χ1v) is 8.66. The van der Waals surface area contributed by atoms with Crippen LogP contribution in [-0.2, 0) is 19.5 Å². The molecule has 0 fully saturated rings. The molecule has 0 atom stereocenters. The molecule has 0 aliphatic carbocycles. The lowest BCUT2D eigenvalue weighted by molar-refractivity contribution is 0.0949. The summed E-state index contributed by atoms with van der Waals surface area (Å²) in [4.78, 5) is 14.6. The maximum Gasteiger partial charge on any atom is 0.251 e. The highest BCUT2D eigenvalue weighted by molar-refractivity contribution is 5.94. The largest absolute Gasteiger partial charge is 0.369 e. The molecule has 2 heterocycles.